The van der Waals surface area contributed by atoms with Crippen LogP contribution in [0.25, 0.3) is 0 Å². The van der Waals surface area contributed by atoms with Gasteiger partial charge in [-0.1, -0.05) is 0 Å². The van der Waals surface area contributed by atoms with Crippen molar-refractivity contribution in [2.75, 3.05) is 19.6 Å². The molecule has 8 heteroatoms. The second kappa shape index (κ2) is 10.6. The Kier molecular flexibility index (Phi) is 9.15. The Hall–Kier alpha value is -1.16. The topological polar surface area (TPSA) is 67.1 Å². The van der Waals surface area contributed by atoms with Crippen LogP contribution in [0, 0.1) is 6.92 Å². The van der Waals surface area contributed by atoms with Crippen LogP contribution in [-0.4, -0.2) is 40.4 Å². The summed E-state index contributed by atoms with van der Waals surface area (Å²) in [5.41, 5.74) is 2.35. The Bertz CT molecular complexity index is 607. The van der Waals surface area contributed by atoms with Crippen molar-refractivity contribution in [3.63, 3.8) is 0 Å². The van der Waals surface area contributed by atoms with Gasteiger partial charge < -0.3 is 10.6 Å². The van der Waals surface area contributed by atoms with Crippen molar-refractivity contribution < 1.29 is 0 Å². The van der Waals surface area contributed by atoms with Crippen molar-refractivity contribution in [1.82, 2.24) is 25.4 Å². The van der Waals surface area contributed by atoms with Crippen LogP contribution in [0.1, 0.15) is 23.2 Å². The van der Waals surface area contributed by atoms with Gasteiger partial charge in [0.1, 0.15) is 0 Å². The first kappa shape index (κ1) is 19.9. The number of hydrogen-bond acceptors (Lipinski definition) is 4. The van der Waals surface area contributed by atoms with Gasteiger partial charge in [0.05, 0.1) is 16.9 Å². The molecule has 0 spiro atoms. The Morgan fingerprint density at radius 2 is 2.17 bits per heavy atom. The van der Waals surface area contributed by atoms with Crippen molar-refractivity contribution in [2.45, 2.75) is 26.7 Å². The number of aryl methyl sites for hydroxylation is 2. The number of aromatic nitrogens is 3. The third kappa shape index (κ3) is 7.30. The highest BCUT2D eigenvalue weighted by Gasteiger charge is 2.01. The van der Waals surface area contributed by atoms with Crippen molar-refractivity contribution >= 4 is 41.3 Å². The first-order valence-electron chi connectivity index (χ1n) is 7.58. The second-order valence-corrected chi connectivity index (χ2v) is 6.13. The molecule has 2 N–H and O–H groups in total. The predicted octanol–water partition coefficient (Wildman–Crippen LogP) is 2.14. The number of halogens is 1. The van der Waals surface area contributed by atoms with Gasteiger partial charge in [0.15, 0.2) is 5.96 Å². The first-order chi connectivity index (χ1) is 10.7. The SMILES string of the molecule is CCNC(=NCCc1csc(C)n1)NCCc1cnn(C)c1.I. The summed E-state index contributed by atoms with van der Waals surface area (Å²) in [7, 11) is 1.93. The van der Waals surface area contributed by atoms with E-state index in [-0.39, 0.29) is 24.0 Å². The molecule has 0 amide bonds. The van der Waals surface area contributed by atoms with Gasteiger partial charge in [0.2, 0.25) is 0 Å². The Morgan fingerprint density at radius 3 is 2.78 bits per heavy atom. The van der Waals surface area contributed by atoms with E-state index in [4.69, 9.17) is 0 Å². The van der Waals surface area contributed by atoms with Gasteiger partial charge >= 0.3 is 0 Å². The van der Waals surface area contributed by atoms with Crippen LogP contribution in [0.5, 0.6) is 0 Å². The molecule has 2 rings (SSSR count). The summed E-state index contributed by atoms with van der Waals surface area (Å²) in [5.74, 6) is 0.860. The number of thiazole rings is 1. The maximum atomic E-state index is 4.59. The van der Waals surface area contributed by atoms with Gasteiger partial charge in [-0.3, -0.25) is 9.67 Å². The molecule has 0 saturated carbocycles. The first-order valence-corrected chi connectivity index (χ1v) is 8.46. The summed E-state index contributed by atoms with van der Waals surface area (Å²) in [5, 5.41) is 14.0. The van der Waals surface area contributed by atoms with Crippen LogP contribution in [0.2, 0.25) is 0 Å². The van der Waals surface area contributed by atoms with E-state index < -0.39 is 0 Å². The smallest absolute Gasteiger partial charge is 0.191 e. The van der Waals surface area contributed by atoms with Gasteiger partial charge in [0, 0.05) is 44.7 Å². The Labute approximate surface area is 158 Å². The molecule has 0 unspecified atom stereocenters. The third-order valence-corrected chi connectivity index (χ3v) is 3.94. The molecular weight excluding hydrogens is 423 g/mol. The summed E-state index contributed by atoms with van der Waals surface area (Å²) in [6.45, 7) is 6.54. The summed E-state index contributed by atoms with van der Waals surface area (Å²) < 4.78 is 1.82. The normalized spacial score (nSPS) is 11.2. The molecule has 0 aliphatic carbocycles. The fourth-order valence-corrected chi connectivity index (χ4v) is 2.72. The molecule has 0 bridgehead atoms. The number of guanidine groups is 1. The van der Waals surface area contributed by atoms with E-state index in [2.05, 4.69) is 38.0 Å². The van der Waals surface area contributed by atoms with Crippen molar-refractivity contribution in [2.24, 2.45) is 12.0 Å². The largest absolute Gasteiger partial charge is 0.357 e. The monoisotopic (exact) mass is 448 g/mol. The zero-order valence-electron chi connectivity index (χ0n) is 13.9. The quantitative estimate of drug-likeness (QED) is 0.387. The molecule has 0 radical (unpaired) electrons. The third-order valence-electron chi connectivity index (χ3n) is 3.11. The highest BCUT2D eigenvalue weighted by Crippen LogP contribution is 2.08. The number of rotatable bonds is 7. The van der Waals surface area contributed by atoms with E-state index in [1.165, 1.54) is 5.56 Å². The highest BCUT2D eigenvalue weighted by molar-refractivity contribution is 14.0. The minimum absolute atomic E-state index is 0. The standard InChI is InChI=1S/C15H24N6S.HI/c1-4-16-15(17-7-5-13-9-19-21(3)10-13)18-8-6-14-11-22-12(2)20-14;/h9-11H,4-8H2,1-3H3,(H2,16,17,18);1H. The van der Waals surface area contributed by atoms with Gasteiger partial charge in [-0.25, -0.2) is 4.98 Å². The lowest BCUT2D eigenvalue weighted by molar-refractivity contribution is 0.764. The fraction of sp³-hybridized carbons (Fsp3) is 0.533. The lowest BCUT2D eigenvalue weighted by atomic mass is 10.2. The molecule has 0 aromatic carbocycles. The number of hydrogen-bond donors (Lipinski definition) is 2. The molecule has 6 nitrogen and oxygen atoms in total. The summed E-state index contributed by atoms with van der Waals surface area (Å²) in [6, 6.07) is 0. The van der Waals surface area contributed by atoms with Crippen LogP contribution in [0.3, 0.4) is 0 Å². The molecule has 0 aliphatic rings. The number of nitrogens with zero attached hydrogens (tertiary/aromatic N) is 4. The molecule has 0 fully saturated rings. The zero-order valence-corrected chi connectivity index (χ0v) is 17.0. The van der Waals surface area contributed by atoms with Crippen molar-refractivity contribution in [1.29, 1.82) is 0 Å². The summed E-state index contributed by atoms with van der Waals surface area (Å²) in [4.78, 5) is 9.05. The zero-order chi connectivity index (χ0) is 15.8. The van der Waals surface area contributed by atoms with Gasteiger partial charge in [0.25, 0.3) is 0 Å². The van der Waals surface area contributed by atoms with E-state index in [0.717, 1.165) is 49.1 Å². The Morgan fingerprint density at radius 1 is 1.35 bits per heavy atom. The molecule has 23 heavy (non-hydrogen) atoms. The van der Waals surface area contributed by atoms with E-state index in [1.54, 1.807) is 11.3 Å². The van der Waals surface area contributed by atoms with E-state index >= 15 is 0 Å². The van der Waals surface area contributed by atoms with Crippen molar-refractivity contribution in [3.8, 4) is 0 Å². The van der Waals surface area contributed by atoms with Crippen molar-refractivity contribution in [3.05, 3.63) is 34.0 Å². The highest BCUT2D eigenvalue weighted by atomic mass is 127. The minimum Gasteiger partial charge on any atom is -0.357 e. The van der Waals surface area contributed by atoms with E-state index in [9.17, 15) is 0 Å². The molecule has 0 saturated heterocycles. The Balaban J connectivity index is 0.00000264. The molecule has 0 atom stereocenters. The van der Waals surface area contributed by atoms with Gasteiger partial charge in [-0.05, 0) is 25.8 Å². The second-order valence-electron chi connectivity index (χ2n) is 5.07. The van der Waals surface area contributed by atoms with Crippen LogP contribution < -0.4 is 10.6 Å². The van der Waals surface area contributed by atoms with Gasteiger partial charge in [-0.15, -0.1) is 35.3 Å². The van der Waals surface area contributed by atoms with Crippen LogP contribution in [0.4, 0.5) is 0 Å². The van der Waals surface area contributed by atoms with Gasteiger partial charge in [-0.2, -0.15) is 5.10 Å². The lowest BCUT2D eigenvalue weighted by Gasteiger charge is -2.10. The molecule has 2 aromatic heterocycles. The molecule has 0 aliphatic heterocycles. The fourth-order valence-electron chi connectivity index (χ4n) is 2.07. The molecule has 2 heterocycles. The predicted molar refractivity (Wildman–Crippen MR) is 107 cm³/mol. The molecular formula is C15H25IN6S. The number of nitrogens with one attached hydrogen (secondary N) is 2. The minimum atomic E-state index is 0. The van der Waals surface area contributed by atoms with Crippen LogP contribution in [-0.2, 0) is 19.9 Å². The maximum absolute atomic E-state index is 4.59. The van der Waals surface area contributed by atoms with Crippen LogP contribution in [0.15, 0.2) is 22.8 Å². The average molecular weight is 448 g/mol. The molecule has 2 aromatic rings. The maximum Gasteiger partial charge on any atom is 0.191 e. The van der Waals surface area contributed by atoms with Crippen LogP contribution >= 0.6 is 35.3 Å². The average Bonchev–Trinajstić information content (AvgIpc) is 3.08. The summed E-state index contributed by atoms with van der Waals surface area (Å²) >= 11 is 1.69. The number of aliphatic imine (C=N–C) groups is 1. The summed E-state index contributed by atoms with van der Waals surface area (Å²) in [6.07, 6.45) is 5.75. The van der Waals surface area contributed by atoms with E-state index in [0.29, 0.717) is 0 Å². The lowest BCUT2D eigenvalue weighted by Crippen LogP contribution is -2.38. The van der Waals surface area contributed by atoms with E-state index in [1.807, 2.05) is 31.0 Å². The molecule has 128 valence electrons.